The number of ether oxygens (including phenoxy) is 1. The van der Waals surface area contributed by atoms with Crippen LogP contribution in [0.5, 0.6) is 0 Å². The van der Waals surface area contributed by atoms with Gasteiger partial charge in [-0.05, 0) is 19.3 Å². The van der Waals surface area contributed by atoms with Crippen molar-refractivity contribution in [1.82, 2.24) is 0 Å². The van der Waals surface area contributed by atoms with Crippen molar-refractivity contribution in [3.05, 3.63) is 12.2 Å². The van der Waals surface area contributed by atoms with Gasteiger partial charge in [0.05, 0.1) is 0 Å². The Morgan fingerprint density at radius 3 is 3.00 bits per heavy atom. The number of carbonyl (C=O) groups is 1. The van der Waals surface area contributed by atoms with E-state index < -0.39 is 0 Å². The Labute approximate surface area is 59.9 Å². The standard InChI is InChI=1S/C8H10O2/c1-5-6-3-2-4-7(6)10-8(5)9/h6-7H,1-4H2/t6-,7-/m1/s1. The summed E-state index contributed by atoms with van der Waals surface area (Å²) in [5.41, 5.74) is 0.697. The fourth-order valence-corrected chi connectivity index (χ4v) is 1.83. The average molecular weight is 138 g/mol. The highest BCUT2D eigenvalue weighted by Gasteiger charge is 2.41. The highest BCUT2D eigenvalue weighted by molar-refractivity contribution is 5.90. The first-order valence-corrected chi connectivity index (χ1v) is 3.69. The van der Waals surface area contributed by atoms with Gasteiger partial charge in [0.15, 0.2) is 0 Å². The molecule has 0 bridgehead atoms. The molecule has 0 aromatic rings. The second kappa shape index (κ2) is 1.84. The minimum atomic E-state index is -0.172. The van der Waals surface area contributed by atoms with Crippen LogP contribution in [0, 0.1) is 5.92 Å². The molecular formula is C8H10O2. The molecule has 1 aliphatic carbocycles. The number of fused-ring (bicyclic) bond motifs is 1. The first-order valence-electron chi connectivity index (χ1n) is 3.69. The molecule has 2 rings (SSSR count). The Morgan fingerprint density at radius 1 is 1.50 bits per heavy atom. The van der Waals surface area contributed by atoms with Crippen molar-refractivity contribution >= 4 is 5.97 Å². The molecule has 2 heteroatoms. The van der Waals surface area contributed by atoms with Crippen LogP contribution >= 0.6 is 0 Å². The molecule has 0 spiro atoms. The van der Waals surface area contributed by atoms with Crippen LogP contribution in [0.4, 0.5) is 0 Å². The zero-order valence-corrected chi connectivity index (χ0v) is 5.80. The van der Waals surface area contributed by atoms with Gasteiger partial charge in [0.2, 0.25) is 0 Å². The lowest BCUT2D eigenvalue weighted by Gasteiger charge is -2.03. The van der Waals surface area contributed by atoms with E-state index in [4.69, 9.17) is 4.74 Å². The Morgan fingerprint density at radius 2 is 2.30 bits per heavy atom. The normalized spacial score (nSPS) is 38.0. The lowest BCUT2D eigenvalue weighted by atomic mass is 10.0. The van der Waals surface area contributed by atoms with E-state index >= 15 is 0 Å². The molecule has 2 aliphatic rings. The number of carbonyl (C=O) groups excluding carboxylic acids is 1. The molecule has 0 aromatic heterocycles. The van der Waals surface area contributed by atoms with Gasteiger partial charge in [-0.15, -0.1) is 0 Å². The first-order chi connectivity index (χ1) is 4.79. The van der Waals surface area contributed by atoms with E-state index in [1.54, 1.807) is 0 Å². The molecule has 1 heterocycles. The Hall–Kier alpha value is -0.790. The molecule has 54 valence electrons. The summed E-state index contributed by atoms with van der Waals surface area (Å²) < 4.78 is 5.06. The molecule has 1 saturated carbocycles. The Balaban J connectivity index is 2.24. The summed E-state index contributed by atoms with van der Waals surface area (Å²) in [7, 11) is 0. The molecule has 0 radical (unpaired) electrons. The second-order valence-electron chi connectivity index (χ2n) is 3.01. The second-order valence-corrected chi connectivity index (χ2v) is 3.01. The minimum absolute atomic E-state index is 0.172. The van der Waals surface area contributed by atoms with Crippen LogP contribution in [-0.4, -0.2) is 12.1 Å². The van der Waals surface area contributed by atoms with Crippen molar-refractivity contribution < 1.29 is 9.53 Å². The predicted octanol–water partition coefficient (Wildman–Crippen LogP) is 1.27. The number of esters is 1. The third kappa shape index (κ3) is 0.618. The van der Waals surface area contributed by atoms with Gasteiger partial charge in [-0.2, -0.15) is 0 Å². The molecule has 0 N–H and O–H groups in total. The van der Waals surface area contributed by atoms with Crippen LogP contribution in [0.15, 0.2) is 12.2 Å². The topological polar surface area (TPSA) is 26.3 Å². The van der Waals surface area contributed by atoms with Gasteiger partial charge < -0.3 is 4.74 Å². The number of hydrogen-bond acceptors (Lipinski definition) is 2. The van der Waals surface area contributed by atoms with Crippen molar-refractivity contribution in [3.63, 3.8) is 0 Å². The fourth-order valence-electron chi connectivity index (χ4n) is 1.83. The van der Waals surface area contributed by atoms with Crippen molar-refractivity contribution in [2.24, 2.45) is 5.92 Å². The summed E-state index contributed by atoms with van der Waals surface area (Å²) in [6.45, 7) is 3.70. The highest BCUT2D eigenvalue weighted by atomic mass is 16.6. The fraction of sp³-hybridized carbons (Fsp3) is 0.625. The summed E-state index contributed by atoms with van der Waals surface area (Å²) >= 11 is 0. The quantitative estimate of drug-likeness (QED) is 0.372. The van der Waals surface area contributed by atoms with E-state index in [9.17, 15) is 4.79 Å². The Bertz CT molecular complexity index is 195. The molecule has 10 heavy (non-hydrogen) atoms. The molecule has 0 aromatic carbocycles. The van der Waals surface area contributed by atoms with Crippen LogP contribution in [0.25, 0.3) is 0 Å². The van der Waals surface area contributed by atoms with E-state index in [2.05, 4.69) is 6.58 Å². The van der Waals surface area contributed by atoms with Crippen molar-refractivity contribution in [2.45, 2.75) is 25.4 Å². The van der Waals surface area contributed by atoms with Gasteiger partial charge in [0.25, 0.3) is 0 Å². The van der Waals surface area contributed by atoms with E-state index in [1.165, 1.54) is 6.42 Å². The summed E-state index contributed by atoms with van der Waals surface area (Å²) in [5.74, 6) is 0.183. The third-order valence-electron chi connectivity index (χ3n) is 2.42. The van der Waals surface area contributed by atoms with Crippen molar-refractivity contribution in [2.75, 3.05) is 0 Å². The van der Waals surface area contributed by atoms with Crippen LogP contribution in [0.1, 0.15) is 19.3 Å². The van der Waals surface area contributed by atoms with Gasteiger partial charge in [-0.25, -0.2) is 4.79 Å². The van der Waals surface area contributed by atoms with E-state index in [1.807, 2.05) is 0 Å². The zero-order valence-electron chi connectivity index (χ0n) is 5.80. The number of hydrogen-bond donors (Lipinski definition) is 0. The molecule has 2 atom stereocenters. The molecule has 1 aliphatic heterocycles. The van der Waals surface area contributed by atoms with E-state index in [0.29, 0.717) is 11.5 Å². The first kappa shape index (κ1) is 5.96. The maximum absolute atomic E-state index is 10.9. The van der Waals surface area contributed by atoms with E-state index in [-0.39, 0.29) is 12.1 Å². The van der Waals surface area contributed by atoms with E-state index in [0.717, 1.165) is 12.8 Å². The summed E-state index contributed by atoms with van der Waals surface area (Å²) in [6.07, 6.45) is 3.49. The Kier molecular flexibility index (Phi) is 1.10. The van der Waals surface area contributed by atoms with Crippen molar-refractivity contribution in [1.29, 1.82) is 0 Å². The lowest BCUT2D eigenvalue weighted by Crippen LogP contribution is -2.07. The van der Waals surface area contributed by atoms with Gasteiger partial charge in [-0.3, -0.25) is 0 Å². The molecule has 2 fully saturated rings. The molecule has 1 saturated heterocycles. The maximum Gasteiger partial charge on any atom is 0.334 e. The van der Waals surface area contributed by atoms with Crippen LogP contribution < -0.4 is 0 Å². The summed E-state index contributed by atoms with van der Waals surface area (Å²) in [4.78, 5) is 10.9. The smallest absolute Gasteiger partial charge is 0.334 e. The molecule has 0 amide bonds. The van der Waals surface area contributed by atoms with Gasteiger partial charge in [0.1, 0.15) is 6.10 Å². The molecular weight excluding hydrogens is 128 g/mol. The van der Waals surface area contributed by atoms with Crippen LogP contribution in [0.3, 0.4) is 0 Å². The highest BCUT2D eigenvalue weighted by Crippen LogP contribution is 2.38. The third-order valence-corrected chi connectivity index (χ3v) is 2.42. The number of rotatable bonds is 0. The predicted molar refractivity (Wildman–Crippen MR) is 36.4 cm³/mol. The molecule has 0 unspecified atom stereocenters. The van der Waals surface area contributed by atoms with Gasteiger partial charge >= 0.3 is 5.97 Å². The van der Waals surface area contributed by atoms with Crippen molar-refractivity contribution in [3.8, 4) is 0 Å². The maximum atomic E-state index is 10.9. The minimum Gasteiger partial charge on any atom is -0.458 e. The largest absolute Gasteiger partial charge is 0.458 e. The lowest BCUT2D eigenvalue weighted by molar-refractivity contribution is -0.138. The SMILES string of the molecule is C=C1C(=O)O[C@@H]2CCC[C@H]12. The average Bonchev–Trinajstić information content (AvgIpc) is 2.41. The van der Waals surface area contributed by atoms with Crippen LogP contribution in [0.2, 0.25) is 0 Å². The van der Waals surface area contributed by atoms with Gasteiger partial charge in [-0.1, -0.05) is 6.58 Å². The zero-order chi connectivity index (χ0) is 7.14. The molecule has 2 nitrogen and oxygen atoms in total. The monoisotopic (exact) mass is 138 g/mol. The van der Waals surface area contributed by atoms with Crippen LogP contribution in [-0.2, 0) is 9.53 Å². The summed E-state index contributed by atoms with van der Waals surface area (Å²) in [5, 5.41) is 0. The summed E-state index contributed by atoms with van der Waals surface area (Å²) in [6, 6.07) is 0. The van der Waals surface area contributed by atoms with Gasteiger partial charge in [0, 0.05) is 11.5 Å².